The molecule has 0 radical (unpaired) electrons. The van der Waals surface area contributed by atoms with Crippen LogP contribution >= 0.6 is 11.3 Å². The van der Waals surface area contributed by atoms with Crippen molar-refractivity contribution in [3.8, 4) is 5.75 Å². The number of nitrogens with zero attached hydrogens (tertiary/aromatic N) is 1. The third-order valence-electron chi connectivity index (χ3n) is 4.77. The molecular weight excluding hydrogens is 417 g/mol. The molecule has 31 heavy (non-hydrogen) atoms. The molecule has 3 rings (SSSR count). The van der Waals surface area contributed by atoms with Gasteiger partial charge in [0.25, 0.3) is 0 Å². The lowest BCUT2D eigenvalue weighted by Crippen LogP contribution is -2.13. The van der Waals surface area contributed by atoms with E-state index >= 15 is 0 Å². The fourth-order valence-corrected chi connectivity index (χ4v) is 4.01. The van der Waals surface area contributed by atoms with Gasteiger partial charge in [0.1, 0.15) is 28.1 Å². The van der Waals surface area contributed by atoms with Gasteiger partial charge in [0.2, 0.25) is 0 Å². The number of methoxy groups -OCH3 is 1. The molecule has 0 bridgehead atoms. The van der Waals surface area contributed by atoms with E-state index in [0.29, 0.717) is 34.0 Å². The van der Waals surface area contributed by atoms with E-state index in [0.717, 1.165) is 0 Å². The Bertz CT molecular complexity index is 1120. The second kappa shape index (κ2) is 10.2. The molecule has 0 aliphatic rings. The minimum absolute atomic E-state index is 0.0593. The van der Waals surface area contributed by atoms with Gasteiger partial charge >= 0.3 is 0 Å². The maximum absolute atomic E-state index is 13.9. The Labute approximate surface area is 183 Å². The zero-order valence-corrected chi connectivity index (χ0v) is 18.1. The average molecular weight is 440 g/mol. The van der Waals surface area contributed by atoms with E-state index in [-0.39, 0.29) is 42.2 Å². The summed E-state index contributed by atoms with van der Waals surface area (Å²) in [6.45, 7) is 1.79. The van der Waals surface area contributed by atoms with Crippen molar-refractivity contribution in [3.05, 3.63) is 81.1 Å². The molecule has 0 N–H and O–H groups in total. The van der Waals surface area contributed by atoms with Gasteiger partial charge in [-0.05, 0) is 35.9 Å². The van der Waals surface area contributed by atoms with Crippen LogP contribution in [0.1, 0.15) is 45.5 Å². The summed E-state index contributed by atoms with van der Waals surface area (Å²) >= 11 is 1.31. The third kappa shape index (κ3) is 5.70. The molecule has 3 aromatic rings. The summed E-state index contributed by atoms with van der Waals surface area (Å²) in [6.07, 6.45) is 0.650. The summed E-state index contributed by atoms with van der Waals surface area (Å²) in [5.41, 5.74) is 1.57. The number of hydrogen-bond donors (Lipinski definition) is 0. The number of hydrogen-bond acceptors (Lipinski definition) is 6. The monoisotopic (exact) mass is 439 g/mol. The number of para-hydroxylation sites is 1. The molecule has 160 valence electrons. The van der Waals surface area contributed by atoms with Gasteiger partial charge in [0.05, 0.1) is 24.8 Å². The van der Waals surface area contributed by atoms with Crippen molar-refractivity contribution >= 4 is 28.7 Å². The third-order valence-corrected chi connectivity index (χ3v) is 5.67. The second-order valence-corrected chi connectivity index (χ2v) is 7.97. The first kappa shape index (κ1) is 22.5. The average Bonchev–Trinajstić information content (AvgIpc) is 3.19. The van der Waals surface area contributed by atoms with E-state index < -0.39 is 5.82 Å². The molecule has 0 spiro atoms. The fraction of sp³-hybridized carbons (Fsp3) is 0.250. The Hall–Kier alpha value is -3.19. The molecule has 0 aliphatic carbocycles. The molecule has 0 amide bonds. The van der Waals surface area contributed by atoms with Gasteiger partial charge in [-0.25, -0.2) is 9.37 Å². The van der Waals surface area contributed by atoms with Crippen LogP contribution < -0.4 is 4.74 Å². The van der Waals surface area contributed by atoms with Crippen LogP contribution in [0.2, 0.25) is 0 Å². The van der Waals surface area contributed by atoms with Gasteiger partial charge in [-0.1, -0.05) is 19.1 Å². The lowest BCUT2D eigenvalue weighted by atomic mass is 9.94. The summed E-state index contributed by atoms with van der Waals surface area (Å²) < 4.78 is 19.2. The van der Waals surface area contributed by atoms with Crippen molar-refractivity contribution in [2.24, 2.45) is 0 Å². The SMILES string of the molecule is CCC(=O)Cc1csc(CC(=O)Cc2cc(F)ccc2C(=O)c2ccccc2OC)n1. The maximum atomic E-state index is 13.9. The van der Waals surface area contributed by atoms with E-state index in [4.69, 9.17) is 4.74 Å². The van der Waals surface area contributed by atoms with Crippen molar-refractivity contribution in [2.45, 2.75) is 32.6 Å². The van der Waals surface area contributed by atoms with Crippen molar-refractivity contribution in [3.63, 3.8) is 0 Å². The first-order chi connectivity index (χ1) is 14.9. The summed E-state index contributed by atoms with van der Waals surface area (Å²) in [6, 6.07) is 10.6. The molecule has 1 heterocycles. The van der Waals surface area contributed by atoms with Crippen molar-refractivity contribution in [2.75, 3.05) is 7.11 Å². The van der Waals surface area contributed by atoms with Gasteiger partial charge in [-0.3, -0.25) is 14.4 Å². The zero-order valence-electron chi connectivity index (χ0n) is 17.3. The molecule has 0 unspecified atom stereocenters. The van der Waals surface area contributed by atoms with Crippen LogP contribution in [-0.4, -0.2) is 29.4 Å². The Morgan fingerprint density at radius 2 is 1.77 bits per heavy atom. The highest BCUT2D eigenvalue weighted by atomic mass is 32.1. The van der Waals surface area contributed by atoms with Crippen LogP contribution in [0, 0.1) is 5.82 Å². The Morgan fingerprint density at radius 1 is 1.00 bits per heavy atom. The molecule has 1 aromatic heterocycles. The van der Waals surface area contributed by atoms with Crippen molar-refractivity contribution in [1.82, 2.24) is 4.98 Å². The summed E-state index contributed by atoms with van der Waals surface area (Å²) in [5, 5.41) is 2.37. The van der Waals surface area contributed by atoms with Gasteiger partial charge in [0.15, 0.2) is 5.78 Å². The van der Waals surface area contributed by atoms with Crippen molar-refractivity contribution in [1.29, 1.82) is 0 Å². The van der Waals surface area contributed by atoms with E-state index in [1.54, 1.807) is 36.6 Å². The van der Waals surface area contributed by atoms with E-state index in [9.17, 15) is 18.8 Å². The fourth-order valence-electron chi connectivity index (χ4n) is 3.19. The standard InChI is InChI=1S/C24H22FNO4S/c1-3-18(27)12-17-14-31-23(26-17)13-19(28)11-15-10-16(25)8-9-20(15)24(29)21-6-4-5-7-22(21)30-2/h4-10,14H,3,11-13H2,1-2H3. The molecule has 0 aliphatic heterocycles. The van der Waals surface area contributed by atoms with Gasteiger partial charge in [-0.15, -0.1) is 11.3 Å². The van der Waals surface area contributed by atoms with Crippen LogP contribution in [0.5, 0.6) is 5.75 Å². The van der Waals surface area contributed by atoms with Crippen molar-refractivity contribution < 1.29 is 23.5 Å². The maximum Gasteiger partial charge on any atom is 0.197 e. The lowest BCUT2D eigenvalue weighted by molar-refractivity contribution is -0.118. The zero-order chi connectivity index (χ0) is 22.4. The number of aromatic nitrogens is 1. The lowest BCUT2D eigenvalue weighted by Gasteiger charge is -2.11. The first-order valence-electron chi connectivity index (χ1n) is 9.84. The van der Waals surface area contributed by atoms with E-state index in [2.05, 4.69) is 4.98 Å². The minimum atomic E-state index is -0.519. The van der Waals surface area contributed by atoms with Crippen LogP contribution in [0.3, 0.4) is 0 Å². The van der Waals surface area contributed by atoms with Gasteiger partial charge in [-0.2, -0.15) is 0 Å². The molecule has 5 nitrogen and oxygen atoms in total. The molecule has 0 fully saturated rings. The number of halogens is 1. The minimum Gasteiger partial charge on any atom is -0.496 e. The predicted molar refractivity (Wildman–Crippen MR) is 116 cm³/mol. The highest BCUT2D eigenvalue weighted by Crippen LogP contribution is 2.24. The van der Waals surface area contributed by atoms with Crippen LogP contribution in [0.15, 0.2) is 47.8 Å². The number of benzene rings is 2. The molecule has 7 heteroatoms. The smallest absolute Gasteiger partial charge is 0.197 e. The summed E-state index contributed by atoms with van der Waals surface area (Å²) in [7, 11) is 1.47. The van der Waals surface area contributed by atoms with Crippen LogP contribution in [-0.2, 0) is 28.9 Å². The number of carbonyl (C=O) groups excluding carboxylic acids is 3. The van der Waals surface area contributed by atoms with Gasteiger partial charge < -0.3 is 4.74 Å². The molecule has 0 saturated carbocycles. The molecular formula is C24H22FNO4S. The number of rotatable bonds is 10. The number of ketones is 3. The molecule has 0 atom stereocenters. The normalized spacial score (nSPS) is 10.7. The molecule has 2 aromatic carbocycles. The van der Waals surface area contributed by atoms with Crippen LogP contribution in [0.25, 0.3) is 0 Å². The van der Waals surface area contributed by atoms with E-state index in [1.807, 2.05) is 0 Å². The number of ether oxygens (including phenoxy) is 1. The second-order valence-electron chi connectivity index (χ2n) is 7.02. The topological polar surface area (TPSA) is 73.3 Å². The molecule has 0 saturated heterocycles. The highest BCUT2D eigenvalue weighted by molar-refractivity contribution is 7.09. The Morgan fingerprint density at radius 3 is 2.52 bits per heavy atom. The Kier molecular flexibility index (Phi) is 7.41. The Balaban J connectivity index is 1.79. The van der Waals surface area contributed by atoms with Crippen LogP contribution in [0.4, 0.5) is 4.39 Å². The van der Waals surface area contributed by atoms with E-state index in [1.165, 1.54) is 36.6 Å². The predicted octanol–water partition coefficient (Wildman–Crippen LogP) is 4.40. The first-order valence-corrected chi connectivity index (χ1v) is 10.7. The van der Waals surface area contributed by atoms with Gasteiger partial charge in [0, 0.05) is 30.2 Å². The summed E-state index contributed by atoms with van der Waals surface area (Å²) in [4.78, 5) is 41.6. The quantitative estimate of drug-likeness (QED) is 0.438. The highest BCUT2D eigenvalue weighted by Gasteiger charge is 2.20. The summed E-state index contributed by atoms with van der Waals surface area (Å²) in [5.74, 6) is -0.556. The largest absolute Gasteiger partial charge is 0.496 e. The number of thiazole rings is 1. The number of carbonyl (C=O) groups is 3. The number of Topliss-reactive ketones (excluding diaryl/α,β-unsaturated/α-hetero) is 2.